The van der Waals surface area contributed by atoms with E-state index in [1.54, 1.807) is 25.1 Å². The van der Waals surface area contributed by atoms with Crippen LogP contribution >= 0.6 is 0 Å². The fourth-order valence-corrected chi connectivity index (χ4v) is 2.71. The molecule has 0 aromatic heterocycles. The molecule has 1 aromatic rings. The minimum Gasteiger partial charge on any atom is -0.495 e. The summed E-state index contributed by atoms with van der Waals surface area (Å²) in [5, 5.41) is 5.57. The SMILES string of the molecule is CCOC(=O)c1cccc(C(=O)NCCCCCCNC(=O)OC(C)(C)C)c1OC. The number of rotatable bonds is 11. The lowest BCUT2D eigenvalue weighted by Crippen LogP contribution is -2.33. The zero-order valence-electron chi connectivity index (χ0n) is 18.6. The number of alkyl carbamates (subject to hydrolysis) is 1. The summed E-state index contributed by atoms with van der Waals surface area (Å²) in [5.41, 5.74) is 0.0231. The Morgan fingerprint density at radius 1 is 0.933 bits per heavy atom. The van der Waals surface area contributed by atoms with Crippen molar-refractivity contribution in [1.29, 1.82) is 0 Å². The standard InChI is InChI=1S/C22H34N2O6/c1-6-29-20(26)17-13-11-12-16(18(17)28-5)19(25)23-14-9-7-8-10-15-24-21(27)30-22(2,3)4/h11-13H,6-10,14-15H2,1-5H3,(H,23,25)(H,24,27). The molecular weight excluding hydrogens is 388 g/mol. The molecule has 0 atom stereocenters. The van der Waals surface area contributed by atoms with Crippen LogP contribution in [-0.2, 0) is 9.47 Å². The van der Waals surface area contributed by atoms with Gasteiger partial charge < -0.3 is 24.8 Å². The van der Waals surface area contributed by atoms with Gasteiger partial charge in [0.2, 0.25) is 0 Å². The van der Waals surface area contributed by atoms with Crippen molar-refractivity contribution >= 4 is 18.0 Å². The maximum atomic E-state index is 12.5. The molecule has 1 aromatic carbocycles. The summed E-state index contributed by atoms with van der Waals surface area (Å²) in [6.07, 6.45) is 3.07. The number of hydrogen-bond acceptors (Lipinski definition) is 6. The predicted molar refractivity (Wildman–Crippen MR) is 114 cm³/mol. The summed E-state index contributed by atoms with van der Waals surface area (Å²) in [5.74, 6) is -0.616. The Hall–Kier alpha value is -2.77. The van der Waals surface area contributed by atoms with E-state index in [9.17, 15) is 14.4 Å². The molecule has 8 nitrogen and oxygen atoms in total. The first-order valence-electron chi connectivity index (χ1n) is 10.3. The van der Waals surface area contributed by atoms with Gasteiger partial charge in [0.05, 0.1) is 19.3 Å². The zero-order chi connectivity index (χ0) is 22.6. The van der Waals surface area contributed by atoms with Crippen LogP contribution in [0.1, 0.15) is 74.1 Å². The molecule has 30 heavy (non-hydrogen) atoms. The molecule has 0 unspecified atom stereocenters. The van der Waals surface area contributed by atoms with Gasteiger partial charge in [-0.05, 0) is 52.7 Å². The van der Waals surface area contributed by atoms with Gasteiger partial charge in [0.25, 0.3) is 5.91 Å². The van der Waals surface area contributed by atoms with E-state index in [1.807, 2.05) is 20.8 Å². The van der Waals surface area contributed by atoms with Crippen LogP contribution in [-0.4, -0.2) is 50.4 Å². The molecule has 0 aliphatic carbocycles. The second-order valence-electron chi connectivity index (χ2n) is 7.71. The van der Waals surface area contributed by atoms with Gasteiger partial charge in [-0.1, -0.05) is 18.9 Å². The molecule has 0 saturated carbocycles. The normalized spacial score (nSPS) is 10.8. The van der Waals surface area contributed by atoms with Crippen molar-refractivity contribution in [2.45, 2.75) is 59.0 Å². The molecule has 0 radical (unpaired) electrons. The average molecular weight is 423 g/mol. The van der Waals surface area contributed by atoms with Gasteiger partial charge in [-0.25, -0.2) is 9.59 Å². The maximum Gasteiger partial charge on any atom is 0.407 e. The highest BCUT2D eigenvalue weighted by Crippen LogP contribution is 2.24. The van der Waals surface area contributed by atoms with E-state index in [1.165, 1.54) is 7.11 Å². The number of para-hydroxylation sites is 1. The van der Waals surface area contributed by atoms with Crippen molar-refractivity contribution < 1.29 is 28.6 Å². The minimum atomic E-state index is -0.524. The molecule has 2 N–H and O–H groups in total. The highest BCUT2D eigenvalue weighted by molar-refractivity contribution is 6.02. The predicted octanol–water partition coefficient (Wildman–Crippen LogP) is 3.69. The summed E-state index contributed by atoms with van der Waals surface area (Å²) in [7, 11) is 1.42. The number of esters is 1. The number of nitrogens with one attached hydrogen (secondary N) is 2. The number of carbonyl (C=O) groups excluding carboxylic acids is 3. The summed E-state index contributed by atoms with van der Waals surface area (Å²) < 4.78 is 15.5. The number of hydrogen-bond donors (Lipinski definition) is 2. The van der Waals surface area contributed by atoms with Crippen LogP contribution in [0.25, 0.3) is 0 Å². The van der Waals surface area contributed by atoms with Crippen LogP contribution in [0.15, 0.2) is 18.2 Å². The average Bonchev–Trinajstić information content (AvgIpc) is 2.67. The van der Waals surface area contributed by atoms with Gasteiger partial charge in [-0.3, -0.25) is 4.79 Å². The van der Waals surface area contributed by atoms with E-state index in [0.717, 1.165) is 25.7 Å². The van der Waals surface area contributed by atoms with Crippen LogP contribution in [0.4, 0.5) is 4.79 Å². The third kappa shape index (κ3) is 9.15. The molecule has 0 heterocycles. The van der Waals surface area contributed by atoms with Crippen LogP contribution in [0, 0.1) is 0 Å². The summed E-state index contributed by atoms with van der Waals surface area (Å²) >= 11 is 0. The van der Waals surface area contributed by atoms with Gasteiger partial charge in [-0.15, -0.1) is 0 Å². The van der Waals surface area contributed by atoms with Gasteiger partial charge in [-0.2, -0.15) is 0 Å². The summed E-state index contributed by atoms with van der Waals surface area (Å²) in [6.45, 7) is 8.49. The molecule has 0 saturated heterocycles. The van der Waals surface area contributed by atoms with Crippen LogP contribution < -0.4 is 15.4 Å². The number of ether oxygens (including phenoxy) is 3. The third-order valence-corrected chi connectivity index (χ3v) is 4.02. The summed E-state index contributed by atoms with van der Waals surface area (Å²) in [4.78, 5) is 36.0. The van der Waals surface area contributed by atoms with Gasteiger partial charge in [0.15, 0.2) is 0 Å². The van der Waals surface area contributed by atoms with Crippen molar-refractivity contribution in [1.82, 2.24) is 10.6 Å². The van der Waals surface area contributed by atoms with Crippen LogP contribution in [0.3, 0.4) is 0 Å². The molecular formula is C22H34N2O6. The highest BCUT2D eigenvalue weighted by atomic mass is 16.6. The zero-order valence-corrected chi connectivity index (χ0v) is 18.6. The number of carbonyl (C=O) groups is 3. The van der Waals surface area contributed by atoms with Crippen molar-refractivity contribution in [3.63, 3.8) is 0 Å². The lowest BCUT2D eigenvalue weighted by Gasteiger charge is -2.19. The Labute approximate surface area is 178 Å². The van der Waals surface area contributed by atoms with E-state index >= 15 is 0 Å². The number of benzene rings is 1. The fraction of sp³-hybridized carbons (Fsp3) is 0.591. The first-order valence-corrected chi connectivity index (χ1v) is 10.3. The first-order chi connectivity index (χ1) is 14.2. The minimum absolute atomic E-state index is 0.210. The van der Waals surface area contributed by atoms with E-state index < -0.39 is 17.7 Å². The number of amides is 2. The van der Waals surface area contributed by atoms with Crippen LogP contribution in [0.5, 0.6) is 5.75 Å². The molecule has 0 spiro atoms. The Morgan fingerprint density at radius 3 is 2.10 bits per heavy atom. The lowest BCUT2D eigenvalue weighted by atomic mass is 10.1. The monoisotopic (exact) mass is 422 g/mol. The molecule has 1 rings (SSSR count). The Morgan fingerprint density at radius 2 is 1.53 bits per heavy atom. The van der Waals surface area contributed by atoms with Crippen LogP contribution in [0.2, 0.25) is 0 Å². The van der Waals surface area contributed by atoms with Gasteiger partial charge in [0, 0.05) is 13.1 Å². The molecule has 0 aliphatic rings. The largest absolute Gasteiger partial charge is 0.495 e. The fourth-order valence-electron chi connectivity index (χ4n) is 2.71. The van der Waals surface area contributed by atoms with E-state index in [4.69, 9.17) is 14.2 Å². The highest BCUT2D eigenvalue weighted by Gasteiger charge is 2.20. The smallest absolute Gasteiger partial charge is 0.407 e. The van der Waals surface area contributed by atoms with Crippen molar-refractivity contribution in [2.75, 3.05) is 26.8 Å². The first kappa shape index (κ1) is 25.3. The van der Waals surface area contributed by atoms with E-state index in [-0.39, 0.29) is 23.8 Å². The molecule has 0 aliphatic heterocycles. The second kappa shape index (κ2) is 12.7. The molecule has 0 fully saturated rings. The topological polar surface area (TPSA) is 103 Å². The van der Waals surface area contributed by atoms with Crippen molar-refractivity contribution in [2.24, 2.45) is 0 Å². The molecule has 168 valence electrons. The number of unbranched alkanes of at least 4 members (excludes halogenated alkanes) is 3. The third-order valence-electron chi connectivity index (χ3n) is 4.02. The van der Waals surface area contributed by atoms with E-state index in [2.05, 4.69) is 10.6 Å². The molecule has 8 heteroatoms. The lowest BCUT2D eigenvalue weighted by molar-refractivity contribution is 0.0513. The quantitative estimate of drug-likeness (QED) is 0.416. The van der Waals surface area contributed by atoms with Crippen molar-refractivity contribution in [3.05, 3.63) is 29.3 Å². The number of methoxy groups -OCH3 is 1. The molecule has 0 bridgehead atoms. The van der Waals surface area contributed by atoms with Crippen molar-refractivity contribution in [3.8, 4) is 5.75 Å². The Balaban J connectivity index is 2.35. The van der Waals surface area contributed by atoms with Gasteiger partial charge in [0.1, 0.15) is 16.9 Å². The second-order valence-corrected chi connectivity index (χ2v) is 7.71. The van der Waals surface area contributed by atoms with E-state index in [0.29, 0.717) is 18.7 Å². The molecule has 2 amide bonds. The maximum absolute atomic E-state index is 12.5. The summed E-state index contributed by atoms with van der Waals surface area (Å²) in [6, 6.07) is 4.81. The Bertz CT molecular complexity index is 712. The Kier molecular flexibility index (Phi) is 10.7. The van der Waals surface area contributed by atoms with Gasteiger partial charge >= 0.3 is 12.1 Å².